The second-order valence-corrected chi connectivity index (χ2v) is 6.49. The Balaban J connectivity index is 1.86. The van der Waals surface area contributed by atoms with Crippen LogP contribution in [0.3, 0.4) is 0 Å². The molecule has 1 aromatic heterocycles. The normalized spacial score (nSPS) is 14.1. The average molecular weight is 291 g/mol. The van der Waals surface area contributed by atoms with E-state index in [4.69, 9.17) is 0 Å². The molecule has 0 saturated carbocycles. The van der Waals surface area contributed by atoms with Crippen molar-refractivity contribution in [1.82, 2.24) is 15.1 Å². The fourth-order valence-corrected chi connectivity index (χ4v) is 2.59. The van der Waals surface area contributed by atoms with E-state index in [-0.39, 0.29) is 0 Å². The van der Waals surface area contributed by atoms with Crippen LogP contribution in [0.4, 0.5) is 0 Å². The summed E-state index contributed by atoms with van der Waals surface area (Å²) in [6.07, 6.45) is 4.63. The van der Waals surface area contributed by atoms with Crippen LogP contribution in [0, 0.1) is 0 Å². The number of benzene rings is 1. The van der Waals surface area contributed by atoms with Crippen LogP contribution in [0.5, 0.6) is 0 Å². The first-order chi connectivity index (χ1) is 9.65. The zero-order valence-electron chi connectivity index (χ0n) is 12.0. The average Bonchev–Trinajstić information content (AvgIpc) is 2.93. The molecule has 0 radical (unpaired) electrons. The smallest absolute Gasteiger partial charge is 0.0766 e. The van der Waals surface area contributed by atoms with Crippen LogP contribution in [0.25, 0.3) is 5.69 Å². The summed E-state index contributed by atoms with van der Waals surface area (Å²) in [5, 5.41) is 7.95. The third-order valence-electron chi connectivity index (χ3n) is 3.14. The van der Waals surface area contributed by atoms with Crippen LogP contribution in [0.15, 0.2) is 42.6 Å². The van der Waals surface area contributed by atoms with Crippen molar-refractivity contribution in [3.63, 3.8) is 0 Å². The molecule has 0 amide bonds. The molecule has 0 aliphatic rings. The highest BCUT2D eigenvalue weighted by Crippen LogP contribution is 2.07. The molecule has 2 aromatic rings. The minimum absolute atomic E-state index is 0.348. The lowest BCUT2D eigenvalue weighted by Crippen LogP contribution is -2.27. The van der Waals surface area contributed by atoms with Gasteiger partial charge in [0.25, 0.3) is 0 Å². The third-order valence-corrected chi connectivity index (χ3v) is 3.95. The largest absolute Gasteiger partial charge is 0.309 e. The van der Waals surface area contributed by atoms with Gasteiger partial charge in [-0.05, 0) is 31.5 Å². The lowest BCUT2D eigenvalue weighted by Gasteiger charge is -2.11. The van der Waals surface area contributed by atoms with Gasteiger partial charge >= 0.3 is 0 Å². The summed E-state index contributed by atoms with van der Waals surface area (Å²) in [4.78, 5) is 0. The van der Waals surface area contributed by atoms with Gasteiger partial charge < -0.3 is 5.32 Å². The Morgan fingerprint density at radius 1 is 1.30 bits per heavy atom. The topological polar surface area (TPSA) is 46.9 Å². The zero-order valence-corrected chi connectivity index (χ0v) is 12.8. The second kappa shape index (κ2) is 7.36. The molecule has 0 fully saturated rings. The monoisotopic (exact) mass is 291 g/mol. The van der Waals surface area contributed by atoms with Crippen LogP contribution < -0.4 is 5.32 Å². The summed E-state index contributed by atoms with van der Waals surface area (Å²) in [7, 11) is -0.715. The van der Waals surface area contributed by atoms with Crippen LogP contribution >= 0.6 is 0 Å². The number of hydrogen-bond acceptors (Lipinski definition) is 3. The zero-order chi connectivity index (χ0) is 14.4. The summed E-state index contributed by atoms with van der Waals surface area (Å²) >= 11 is 0. The van der Waals surface area contributed by atoms with Crippen molar-refractivity contribution in [3.8, 4) is 5.69 Å². The molecule has 4 nitrogen and oxygen atoms in total. The van der Waals surface area contributed by atoms with E-state index in [1.54, 1.807) is 6.26 Å². The molecule has 2 unspecified atom stereocenters. The third kappa shape index (κ3) is 4.58. The highest BCUT2D eigenvalue weighted by molar-refractivity contribution is 7.84. The van der Waals surface area contributed by atoms with Gasteiger partial charge in [-0.3, -0.25) is 4.21 Å². The maximum Gasteiger partial charge on any atom is 0.0766 e. The molecular weight excluding hydrogens is 270 g/mol. The van der Waals surface area contributed by atoms with Gasteiger partial charge in [-0.2, -0.15) is 5.10 Å². The van der Waals surface area contributed by atoms with E-state index in [9.17, 15) is 4.21 Å². The number of rotatable bonds is 7. The SMILES string of the molecule is CC(CCS(C)=O)NCc1ccn(-c2ccccc2)n1. The minimum Gasteiger partial charge on any atom is -0.309 e. The highest BCUT2D eigenvalue weighted by Gasteiger charge is 2.05. The van der Waals surface area contributed by atoms with E-state index in [0.717, 1.165) is 30.1 Å². The number of aromatic nitrogens is 2. The summed E-state index contributed by atoms with van der Waals surface area (Å²) in [5.41, 5.74) is 2.08. The van der Waals surface area contributed by atoms with Crippen LogP contribution in [0.1, 0.15) is 19.0 Å². The Hall–Kier alpha value is -1.46. The fourth-order valence-electron chi connectivity index (χ4n) is 1.90. The first-order valence-electron chi connectivity index (χ1n) is 6.78. The molecule has 0 saturated heterocycles. The van der Waals surface area contributed by atoms with Crippen molar-refractivity contribution in [1.29, 1.82) is 0 Å². The molecule has 0 aliphatic heterocycles. The molecule has 20 heavy (non-hydrogen) atoms. The molecule has 0 bridgehead atoms. The predicted molar refractivity (Wildman–Crippen MR) is 83.4 cm³/mol. The van der Waals surface area contributed by atoms with Crippen molar-refractivity contribution in [2.75, 3.05) is 12.0 Å². The molecule has 2 rings (SSSR count). The first kappa shape index (κ1) is 14.9. The van der Waals surface area contributed by atoms with Crippen molar-refractivity contribution in [2.45, 2.75) is 25.9 Å². The van der Waals surface area contributed by atoms with E-state index in [1.807, 2.05) is 47.3 Å². The molecule has 0 aliphatic carbocycles. The molecule has 108 valence electrons. The number of nitrogens with zero attached hydrogens (tertiary/aromatic N) is 2. The lowest BCUT2D eigenvalue weighted by molar-refractivity contribution is 0.528. The van der Waals surface area contributed by atoms with Gasteiger partial charge in [-0.15, -0.1) is 0 Å². The molecule has 0 spiro atoms. The Morgan fingerprint density at radius 2 is 2.05 bits per heavy atom. The fraction of sp³-hybridized carbons (Fsp3) is 0.400. The van der Waals surface area contributed by atoms with Gasteiger partial charge in [0, 0.05) is 41.6 Å². The van der Waals surface area contributed by atoms with Crippen LogP contribution in [-0.4, -0.2) is 32.0 Å². The quantitative estimate of drug-likeness (QED) is 0.850. The molecule has 5 heteroatoms. The first-order valence-corrected chi connectivity index (χ1v) is 8.51. The van der Waals surface area contributed by atoms with E-state index in [2.05, 4.69) is 17.3 Å². The maximum atomic E-state index is 11.1. The Labute approximate surface area is 122 Å². The van der Waals surface area contributed by atoms with E-state index >= 15 is 0 Å². The number of nitrogens with one attached hydrogen (secondary N) is 1. The molecule has 1 aromatic carbocycles. The Morgan fingerprint density at radius 3 is 2.75 bits per heavy atom. The number of hydrogen-bond donors (Lipinski definition) is 1. The van der Waals surface area contributed by atoms with Crippen molar-refractivity contribution < 1.29 is 4.21 Å². The van der Waals surface area contributed by atoms with Gasteiger partial charge in [0.15, 0.2) is 0 Å². The lowest BCUT2D eigenvalue weighted by atomic mass is 10.2. The van der Waals surface area contributed by atoms with E-state index in [1.165, 1.54) is 0 Å². The van der Waals surface area contributed by atoms with E-state index in [0.29, 0.717) is 6.04 Å². The summed E-state index contributed by atoms with van der Waals surface area (Å²) in [5.74, 6) is 0.743. The van der Waals surface area contributed by atoms with Gasteiger partial charge in [-0.25, -0.2) is 4.68 Å². The van der Waals surface area contributed by atoms with Gasteiger partial charge in [0.1, 0.15) is 0 Å². The Kier molecular flexibility index (Phi) is 5.49. The Bertz CT molecular complexity index is 553. The van der Waals surface area contributed by atoms with Gasteiger partial charge in [0.2, 0.25) is 0 Å². The van der Waals surface area contributed by atoms with Gasteiger partial charge in [0.05, 0.1) is 11.4 Å². The van der Waals surface area contributed by atoms with E-state index < -0.39 is 10.8 Å². The molecule has 1 heterocycles. The standard InChI is InChI=1S/C15H21N3OS/c1-13(9-11-20(2)19)16-12-14-8-10-18(17-14)15-6-4-3-5-7-15/h3-8,10,13,16H,9,11-12H2,1-2H3. The molecular formula is C15H21N3OS. The number of para-hydroxylation sites is 1. The molecule has 2 atom stereocenters. The molecule has 1 N–H and O–H groups in total. The minimum atomic E-state index is -0.715. The second-order valence-electron chi connectivity index (χ2n) is 4.94. The van der Waals surface area contributed by atoms with Gasteiger partial charge in [-0.1, -0.05) is 18.2 Å². The van der Waals surface area contributed by atoms with Crippen molar-refractivity contribution >= 4 is 10.8 Å². The van der Waals surface area contributed by atoms with Crippen LogP contribution in [0.2, 0.25) is 0 Å². The summed E-state index contributed by atoms with van der Waals surface area (Å²) in [6.45, 7) is 2.85. The van der Waals surface area contributed by atoms with Crippen molar-refractivity contribution in [3.05, 3.63) is 48.3 Å². The van der Waals surface area contributed by atoms with Crippen molar-refractivity contribution in [2.24, 2.45) is 0 Å². The van der Waals surface area contributed by atoms with Crippen LogP contribution in [-0.2, 0) is 17.3 Å². The maximum absolute atomic E-state index is 11.1. The predicted octanol–water partition coefficient (Wildman–Crippen LogP) is 2.12. The summed E-state index contributed by atoms with van der Waals surface area (Å²) < 4.78 is 12.9. The highest BCUT2D eigenvalue weighted by atomic mass is 32.2. The summed E-state index contributed by atoms with van der Waals surface area (Å²) in [6, 6.07) is 12.4.